The zero-order valence-corrected chi connectivity index (χ0v) is 18.9. The number of benzene rings is 2. The van der Waals surface area contributed by atoms with E-state index in [-0.39, 0.29) is 17.0 Å². The lowest BCUT2D eigenvalue weighted by Crippen LogP contribution is -2.48. The van der Waals surface area contributed by atoms with Crippen LogP contribution in [0, 0.1) is 12.7 Å². The van der Waals surface area contributed by atoms with E-state index in [4.69, 9.17) is 0 Å². The average Bonchev–Trinajstić information content (AvgIpc) is 3.24. The summed E-state index contributed by atoms with van der Waals surface area (Å²) in [6, 6.07) is 15.5. The van der Waals surface area contributed by atoms with Crippen molar-refractivity contribution in [2.75, 3.05) is 26.2 Å². The molecule has 0 aliphatic carbocycles. The van der Waals surface area contributed by atoms with E-state index in [1.165, 1.54) is 34.1 Å². The summed E-state index contributed by atoms with van der Waals surface area (Å²) in [5.74, 6) is -0.795. The molecule has 1 fully saturated rings. The van der Waals surface area contributed by atoms with Crippen LogP contribution in [0.3, 0.4) is 0 Å². The van der Waals surface area contributed by atoms with Gasteiger partial charge in [-0.25, -0.2) is 9.37 Å². The summed E-state index contributed by atoms with van der Waals surface area (Å²) in [5.41, 5.74) is 2.64. The first-order valence-electron chi connectivity index (χ1n) is 10.7. The summed E-state index contributed by atoms with van der Waals surface area (Å²) in [7, 11) is 0. The number of amides is 1. The van der Waals surface area contributed by atoms with E-state index >= 15 is 0 Å². The van der Waals surface area contributed by atoms with Crippen molar-refractivity contribution in [3.8, 4) is 10.6 Å². The SMILES string of the molecule is Cc1ccccc1-c1nn2c(=O)cc(CN3CCN(C(=O)c4ccccc4F)CC3)nc2s1. The Morgan fingerprint density at radius 2 is 1.79 bits per heavy atom. The third-order valence-electron chi connectivity index (χ3n) is 5.82. The number of aromatic nitrogens is 3. The maximum Gasteiger partial charge on any atom is 0.275 e. The Labute approximate surface area is 193 Å². The molecule has 168 valence electrons. The van der Waals surface area contributed by atoms with Crippen LogP contribution in [0.25, 0.3) is 15.5 Å². The number of carbonyl (C=O) groups excluding carboxylic acids is 1. The first-order chi connectivity index (χ1) is 16.0. The second kappa shape index (κ2) is 8.84. The molecule has 1 aliphatic rings. The fraction of sp³-hybridized carbons (Fsp3) is 0.250. The van der Waals surface area contributed by atoms with Crippen molar-refractivity contribution in [2.24, 2.45) is 0 Å². The highest BCUT2D eigenvalue weighted by atomic mass is 32.1. The fourth-order valence-electron chi connectivity index (χ4n) is 4.00. The third kappa shape index (κ3) is 4.29. The number of hydrogen-bond acceptors (Lipinski definition) is 6. The van der Waals surface area contributed by atoms with Gasteiger partial charge >= 0.3 is 0 Å². The van der Waals surface area contributed by atoms with Gasteiger partial charge in [-0.3, -0.25) is 14.5 Å². The van der Waals surface area contributed by atoms with Crippen molar-refractivity contribution in [3.63, 3.8) is 0 Å². The van der Waals surface area contributed by atoms with Crippen molar-refractivity contribution in [1.29, 1.82) is 0 Å². The van der Waals surface area contributed by atoms with Gasteiger partial charge in [0.2, 0.25) is 4.96 Å². The number of fused-ring (bicyclic) bond motifs is 1. The molecule has 0 spiro atoms. The minimum Gasteiger partial charge on any atom is -0.336 e. The van der Waals surface area contributed by atoms with Gasteiger partial charge in [0.15, 0.2) is 0 Å². The van der Waals surface area contributed by atoms with Gasteiger partial charge in [-0.05, 0) is 24.6 Å². The quantitative estimate of drug-likeness (QED) is 0.465. The summed E-state index contributed by atoms with van der Waals surface area (Å²) in [4.78, 5) is 34.3. The molecule has 5 rings (SSSR count). The minimum atomic E-state index is -0.502. The Morgan fingerprint density at radius 3 is 2.55 bits per heavy atom. The molecule has 0 atom stereocenters. The maximum atomic E-state index is 14.0. The molecule has 2 aromatic heterocycles. The number of aryl methyl sites for hydroxylation is 1. The van der Waals surface area contributed by atoms with Crippen LogP contribution in [0.5, 0.6) is 0 Å². The van der Waals surface area contributed by atoms with Crippen LogP contribution in [0.4, 0.5) is 4.39 Å². The number of hydrogen-bond donors (Lipinski definition) is 0. The molecule has 33 heavy (non-hydrogen) atoms. The Bertz CT molecular complexity index is 1390. The van der Waals surface area contributed by atoms with E-state index in [1.807, 2.05) is 31.2 Å². The number of nitrogens with zero attached hydrogens (tertiary/aromatic N) is 5. The molecule has 0 radical (unpaired) electrons. The number of piperazine rings is 1. The van der Waals surface area contributed by atoms with Gasteiger partial charge in [-0.1, -0.05) is 47.7 Å². The molecule has 0 unspecified atom stereocenters. The Balaban J connectivity index is 1.29. The van der Waals surface area contributed by atoms with Crippen LogP contribution in [0.2, 0.25) is 0 Å². The normalized spacial score (nSPS) is 14.7. The molecule has 7 nitrogen and oxygen atoms in total. The Hall–Kier alpha value is -3.43. The summed E-state index contributed by atoms with van der Waals surface area (Å²) < 4.78 is 15.3. The highest BCUT2D eigenvalue weighted by molar-refractivity contribution is 7.19. The molecule has 4 aromatic rings. The van der Waals surface area contributed by atoms with E-state index in [0.717, 1.165) is 16.1 Å². The van der Waals surface area contributed by atoms with Crippen molar-refractivity contribution >= 4 is 22.2 Å². The molecule has 0 bridgehead atoms. The smallest absolute Gasteiger partial charge is 0.275 e. The average molecular weight is 464 g/mol. The second-order valence-corrected chi connectivity index (χ2v) is 9.01. The lowest BCUT2D eigenvalue weighted by atomic mass is 10.1. The predicted molar refractivity (Wildman–Crippen MR) is 125 cm³/mol. The fourth-order valence-corrected chi connectivity index (χ4v) is 5.02. The summed E-state index contributed by atoms with van der Waals surface area (Å²) in [6.45, 7) is 4.75. The van der Waals surface area contributed by atoms with Crippen molar-refractivity contribution in [2.45, 2.75) is 13.5 Å². The molecule has 1 saturated heterocycles. The van der Waals surface area contributed by atoms with Crippen molar-refractivity contribution in [3.05, 3.63) is 87.6 Å². The molecular formula is C24H22FN5O2S. The van der Waals surface area contributed by atoms with Crippen LogP contribution < -0.4 is 5.56 Å². The zero-order valence-electron chi connectivity index (χ0n) is 18.1. The van der Waals surface area contributed by atoms with Crippen molar-refractivity contribution < 1.29 is 9.18 Å². The first-order valence-corrected chi connectivity index (χ1v) is 11.5. The number of rotatable bonds is 4. The first kappa shape index (κ1) is 21.4. The standard InChI is InChI=1S/C24H22FN5O2S/c1-16-6-2-3-7-18(16)22-27-30-21(31)14-17(26-24(30)33-22)15-28-10-12-29(13-11-28)23(32)19-8-4-5-9-20(19)25/h2-9,14H,10-13,15H2,1H3. The zero-order chi connectivity index (χ0) is 22.9. The minimum absolute atomic E-state index is 0.0979. The van der Waals surface area contributed by atoms with Crippen LogP contribution >= 0.6 is 11.3 Å². The predicted octanol–water partition coefficient (Wildman–Crippen LogP) is 3.22. The van der Waals surface area contributed by atoms with Gasteiger partial charge in [0.1, 0.15) is 10.8 Å². The van der Waals surface area contributed by atoms with Gasteiger partial charge in [0.25, 0.3) is 11.5 Å². The highest BCUT2D eigenvalue weighted by Gasteiger charge is 2.24. The van der Waals surface area contributed by atoms with Gasteiger partial charge < -0.3 is 4.90 Å². The third-order valence-corrected chi connectivity index (χ3v) is 6.76. The topological polar surface area (TPSA) is 70.8 Å². The number of halogens is 1. The van der Waals surface area contributed by atoms with E-state index in [2.05, 4.69) is 15.0 Å². The maximum absolute atomic E-state index is 14.0. The van der Waals surface area contributed by atoms with Crippen LogP contribution in [0.15, 0.2) is 59.4 Å². The summed E-state index contributed by atoms with van der Waals surface area (Å²) >= 11 is 1.39. The number of carbonyl (C=O) groups is 1. The molecular weight excluding hydrogens is 441 g/mol. The van der Waals surface area contributed by atoms with Gasteiger partial charge in [0, 0.05) is 44.4 Å². The van der Waals surface area contributed by atoms with Crippen molar-refractivity contribution in [1.82, 2.24) is 24.4 Å². The summed E-state index contributed by atoms with van der Waals surface area (Å²) in [5, 5.41) is 5.23. The van der Waals surface area contributed by atoms with Crippen LogP contribution in [-0.4, -0.2) is 56.5 Å². The highest BCUT2D eigenvalue weighted by Crippen LogP contribution is 2.27. The van der Waals surface area contributed by atoms with E-state index in [9.17, 15) is 14.0 Å². The lowest BCUT2D eigenvalue weighted by molar-refractivity contribution is 0.0622. The molecule has 3 heterocycles. The molecule has 1 amide bonds. The van der Waals surface area contributed by atoms with Gasteiger partial charge in [-0.2, -0.15) is 9.61 Å². The monoisotopic (exact) mass is 463 g/mol. The van der Waals surface area contributed by atoms with E-state index in [0.29, 0.717) is 43.4 Å². The van der Waals surface area contributed by atoms with Crippen LogP contribution in [0.1, 0.15) is 21.6 Å². The molecule has 1 aliphatic heterocycles. The molecule has 0 N–H and O–H groups in total. The molecule has 2 aromatic carbocycles. The molecule has 0 saturated carbocycles. The van der Waals surface area contributed by atoms with E-state index < -0.39 is 5.82 Å². The lowest BCUT2D eigenvalue weighted by Gasteiger charge is -2.34. The largest absolute Gasteiger partial charge is 0.336 e. The Kier molecular flexibility index (Phi) is 5.74. The van der Waals surface area contributed by atoms with E-state index in [1.54, 1.807) is 17.0 Å². The van der Waals surface area contributed by atoms with Gasteiger partial charge in [0.05, 0.1) is 11.3 Å². The van der Waals surface area contributed by atoms with Crippen LogP contribution in [-0.2, 0) is 6.54 Å². The molecule has 9 heteroatoms. The van der Waals surface area contributed by atoms with Gasteiger partial charge in [-0.15, -0.1) is 0 Å². The second-order valence-electron chi connectivity index (χ2n) is 8.05. The Morgan fingerprint density at radius 1 is 1.06 bits per heavy atom. The summed E-state index contributed by atoms with van der Waals surface area (Å²) in [6.07, 6.45) is 0.